The molecule has 1 aliphatic carbocycles. The summed E-state index contributed by atoms with van der Waals surface area (Å²) >= 11 is 0. The van der Waals surface area contributed by atoms with Gasteiger partial charge in [0.05, 0.1) is 0 Å². The Morgan fingerprint density at radius 3 is 2.27 bits per heavy atom. The van der Waals surface area contributed by atoms with Crippen molar-refractivity contribution in [2.24, 2.45) is 0 Å². The Kier molecular flexibility index (Phi) is 4.44. The predicted octanol–water partition coefficient (Wildman–Crippen LogP) is 5.37. The van der Waals surface area contributed by atoms with Crippen LogP contribution in [-0.4, -0.2) is 19.0 Å². The maximum Gasteiger partial charge on any atom is 0.0227 e. The fourth-order valence-corrected chi connectivity index (χ4v) is 3.06. The van der Waals surface area contributed by atoms with Gasteiger partial charge in [-0.3, -0.25) is 0 Å². The highest BCUT2D eigenvalue weighted by atomic mass is 15.0. The highest BCUT2D eigenvalue weighted by molar-refractivity contribution is 5.72. The lowest BCUT2D eigenvalue weighted by molar-refractivity contribution is 0.402. The summed E-state index contributed by atoms with van der Waals surface area (Å²) < 4.78 is 0. The SMILES string of the molecule is CC(=C1CCC1)c1ccc(-c2cccc(CN(C)C)c2)cc1. The lowest BCUT2D eigenvalue weighted by atomic mass is 9.85. The molecule has 0 aromatic heterocycles. The highest BCUT2D eigenvalue weighted by Gasteiger charge is 2.12. The molecule has 0 bridgehead atoms. The van der Waals surface area contributed by atoms with Gasteiger partial charge in [-0.2, -0.15) is 0 Å². The summed E-state index contributed by atoms with van der Waals surface area (Å²) in [5, 5.41) is 0. The molecule has 1 saturated carbocycles. The van der Waals surface area contributed by atoms with Crippen LogP contribution in [0.15, 0.2) is 54.1 Å². The first-order valence-electron chi connectivity index (χ1n) is 8.16. The maximum atomic E-state index is 2.30. The Morgan fingerprint density at radius 2 is 1.68 bits per heavy atom. The van der Waals surface area contributed by atoms with Crippen LogP contribution >= 0.6 is 0 Å². The van der Waals surface area contributed by atoms with Crippen molar-refractivity contribution in [2.75, 3.05) is 14.1 Å². The first-order chi connectivity index (χ1) is 10.6. The average molecular weight is 291 g/mol. The summed E-state index contributed by atoms with van der Waals surface area (Å²) in [5.74, 6) is 0. The molecule has 0 unspecified atom stereocenters. The monoisotopic (exact) mass is 291 g/mol. The molecule has 0 aliphatic heterocycles. The summed E-state index contributed by atoms with van der Waals surface area (Å²) in [7, 11) is 4.22. The number of rotatable bonds is 4. The molecule has 0 atom stereocenters. The first kappa shape index (κ1) is 15.1. The fraction of sp³-hybridized carbons (Fsp3) is 0.333. The van der Waals surface area contributed by atoms with Crippen LogP contribution in [0.5, 0.6) is 0 Å². The first-order valence-corrected chi connectivity index (χ1v) is 8.16. The number of benzene rings is 2. The predicted molar refractivity (Wildman–Crippen MR) is 95.7 cm³/mol. The van der Waals surface area contributed by atoms with Crippen LogP contribution in [0.25, 0.3) is 16.7 Å². The van der Waals surface area contributed by atoms with Gasteiger partial charge in [-0.05, 0) is 74.2 Å². The van der Waals surface area contributed by atoms with Crippen LogP contribution in [0.2, 0.25) is 0 Å². The van der Waals surface area contributed by atoms with Gasteiger partial charge in [-0.1, -0.05) is 48.0 Å². The van der Waals surface area contributed by atoms with Crippen molar-refractivity contribution in [3.63, 3.8) is 0 Å². The quantitative estimate of drug-likeness (QED) is 0.731. The van der Waals surface area contributed by atoms with E-state index in [1.165, 1.54) is 47.1 Å². The average Bonchev–Trinajstić information content (AvgIpc) is 2.45. The smallest absolute Gasteiger partial charge is 0.0227 e. The molecule has 2 aromatic carbocycles. The van der Waals surface area contributed by atoms with Gasteiger partial charge in [0.25, 0.3) is 0 Å². The minimum Gasteiger partial charge on any atom is -0.305 e. The van der Waals surface area contributed by atoms with Gasteiger partial charge in [0.1, 0.15) is 0 Å². The molecule has 0 N–H and O–H groups in total. The molecular formula is C21H25N. The molecular weight excluding hydrogens is 266 g/mol. The zero-order chi connectivity index (χ0) is 15.5. The third-order valence-corrected chi connectivity index (χ3v) is 4.56. The van der Waals surface area contributed by atoms with Gasteiger partial charge in [0, 0.05) is 6.54 Å². The molecule has 0 heterocycles. The molecule has 1 heteroatoms. The zero-order valence-electron chi connectivity index (χ0n) is 13.9. The molecule has 0 spiro atoms. The lowest BCUT2D eigenvalue weighted by Crippen LogP contribution is -2.10. The van der Waals surface area contributed by atoms with Crippen LogP contribution in [0.4, 0.5) is 0 Å². The molecule has 1 fully saturated rings. The highest BCUT2D eigenvalue weighted by Crippen LogP contribution is 2.33. The Labute approximate surface area is 134 Å². The zero-order valence-corrected chi connectivity index (χ0v) is 13.9. The number of nitrogens with zero attached hydrogens (tertiary/aromatic N) is 1. The van der Waals surface area contributed by atoms with Crippen molar-refractivity contribution in [1.82, 2.24) is 4.90 Å². The van der Waals surface area contributed by atoms with E-state index >= 15 is 0 Å². The second kappa shape index (κ2) is 6.50. The molecule has 1 aliphatic rings. The van der Waals surface area contributed by atoms with E-state index in [-0.39, 0.29) is 0 Å². The van der Waals surface area contributed by atoms with Crippen molar-refractivity contribution in [3.8, 4) is 11.1 Å². The van der Waals surface area contributed by atoms with Gasteiger partial charge in [-0.15, -0.1) is 0 Å². The molecule has 0 radical (unpaired) electrons. The molecule has 114 valence electrons. The minimum atomic E-state index is 0.983. The number of hydrogen-bond donors (Lipinski definition) is 0. The minimum absolute atomic E-state index is 0.983. The van der Waals surface area contributed by atoms with E-state index in [1.54, 1.807) is 5.57 Å². The van der Waals surface area contributed by atoms with Crippen molar-refractivity contribution in [3.05, 3.63) is 65.2 Å². The van der Waals surface area contributed by atoms with E-state index in [0.717, 1.165) is 6.54 Å². The van der Waals surface area contributed by atoms with E-state index in [2.05, 4.69) is 74.4 Å². The molecule has 2 aromatic rings. The van der Waals surface area contributed by atoms with E-state index < -0.39 is 0 Å². The van der Waals surface area contributed by atoms with Crippen LogP contribution in [-0.2, 0) is 6.54 Å². The summed E-state index contributed by atoms with van der Waals surface area (Å²) in [6.45, 7) is 3.25. The lowest BCUT2D eigenvalue weighted by Gasteiger charge is -2.20. The van der Waals surface area contributed by atoms with Gasteiger partial charge < -0.3 is 4.90 Å². The molecule has 0 amide bonds. The van der Waals surface area contributed by atoms with Crippen LogP contribution < -0.4 is 0 Å². The number of hydrogen-bond acceptors (Lipinski definition) is 1. The van der Waals surface area contributed by atoms with Gasteiger partial charge in [0.15, 0.2) is 0 Å². The Hall–Kier alpha value is -1.86. The van der Waals surface area contributed by atoms with Gasteiger partial charge >= 0.3 is 0 Å². The molecule has 0 saturated heterocycles. The Morgan fingerprint density at radius 1 is 0.955 bits per heavy atom. The number of allylic oxidation sites excluding steroid dienone is 2. The van der Waals surface area contributed by atoms with E-state index in [0.29, 0.717) is 0 Å². The summed E-state index contributed by atoms with van der Waals surface area (Å²) in [6.07, 6.45) is 3.95. The topological polar surface area (TPSA) is 3.24 Å². The summed E-state index contributed by atoms with van der Waals surface area (Å²) in [5.41, 5.74) is 8.47. The van der Waals surface area contributed by atoms with Gasteiger partial charge in [-0.25, -0.2) is 0 Å². The van der Waals surface area contributed by atoms with Crippen molar-refractivity contribution < 1.29 is 0 Å². The second-order valence-electron chi connectivity index (χ2n) is 6.60. The van der Waals surface area contributed by atoms with Crippen LogP contribution in [0, 0.1) is 0 Å². The van der Waals surface area contributed by atoms with E-state index in [4.69, 9.17) is 0 Å². The fourth-order valence-electron chi connectivity index (χ4n) is 3.06. The summed E-state index contributed by atoms with van der Waals surface area (Å²) in [4.78, 5) is 2.20. The second-order valence-corrected chi connectivity index (χ2v) is 6.60. The summed E-state index contributed by atoms with van der Waals surface area (Å²) in [6, 6.07) is 17.9. The van der Waals surface area contributed by atoms with Crippen molar-refractivity contribution in [2.45, 2.75) is 32.7 Å². The molecule has 3 rings (SSSR count). The van der Waals surface area contributed by atoms with Crippen molar-refractivity contribution in [1.29, 1.82) is 0 Å². The van der Waals surface area contributed by atoms with E-state index in [9.17, 15) is 0 Å². The van der Waals surface area contributed by atoms with Crippen LogP contribution in [0.3, 0.4) is 0 Å². The third kappa shape index (κ3) is 3.31. The standard InChI is InChI=1S/C21H25N/c1-16(18-7-5-8-18)19-10-12-20(13-11-19)21-9-4-6-17(14-21)15-22(2)3/h4,6,9-14H,5,7-8,15H2,1-3H3. The van der Waals surface area contributed by atoms with Crippen molar-refractivity contribution >= 4 is 5.57 Å². The normalized spacial score (nSPS) is 14.1. The Bertz CT molecular complexity index is 671. The third-order valence-electron chi connectivity index (χ3n) is 4.56. The molecule has 22 heavy (non-hydrogen) atoms. The largest absolute Gasteiger partial charge is 0.305 e. The van der Waals surface area contributed by atoms with E-state index in [1.807, 2.05) is 0 Å². The Balaban J connectivity index is 1.83. The molecule has 1 nitrogen and oxygen atoms in total. The van der Waals surface area contributed by atoms with Gasteiger partial charge in [0.2, 0.25) is 0 Å². The van der Waals surface area contributed by atoms with Crippen LogP contribution in [0.1, 0.15) is 37.3 Å². The maximum absolute atomic E-state index is 2.30.